The van der Waals surface area contributed by atoms with Crippen LogP contribution in [0.5, 0.6) is 0 Å². The number of phosphoric acid groups is 2. The number of esters is 4. The maximum Gasteiger partial charge on any atom is 0.472 e. The lowest BCUT2D eigenvalue weighted by atomic mass is 10.0. The number of carbonyl (C=O) groups excluding carboxylic acids is 4. The summed E-state index contributed by atoms with van der Waals surface area (Å²) in [5, 5.41) is 10.6. The molecular weight excluding hydrogens is 1220 g/mol. The van der Waals surface area contributed by atoms with Crippen molar-refractivity contribution in [1.82, 2.24) is 0 Å². The van der Waals surface area contributed by atoms with Gasteiger partial charge < -0.3 is 33.8 Å². The molecule has 0 aromatic heterocycles. The summed E-state index contributed by atoms with van der Waals surface area (Å²) < 4.78 is 68.4. The van der Waals surface area contributed by atoms with Gasteiger partial charge in [0.15, 0.2) is 12.2 Å². The number of hydrogen-bond donors (Lipinski definition) is 3. The number of unbranched alkanes of at least 4 members (excludes halogenated alkanes) is 40. The molecular formula is C74H144O17P2. The Morgan fingerprint density at radius 1 is 0.290 bits per heavy atom. The predicted molar refractivity (Wildman–Crippen MR) is 377 cm³/mol. The third-order valence-electron chi connectivity index (χ3n) is 17.1. The Labute approximate surface area is 568 Å². The van der Waals surface area contributed by atoms with E-state index in [2.05, 4.69) is 48.5 Å². The lowest BCUT2D eigenvalue weighted by Gasteiger charge is -2.21. The van der Waals surface area contributed by atoms with Crippen molar-refractivity contribution in [3.8, 4) is 0 Å². The highest BCUT2D eigenvalue weighted by atomic mass is 31.2. The zero-order valence-electron chi connectivity index (χ0n) is 60.7. The van der Waals surface area contributed by atoms with Crippen molar-refractivity contribution in [2.24, 2.45) is 17.8 Å². The molecule has 0 aromatic rings. The van der Waals surface area contributed by atoms with Crippen molar-refractivity contribution in [3.63, 3.8) is 0 Å². The molecule has 0 aliphatic carbocycles. The molecule has 0 aliphatic rings. The molecule has 0 bridgehead atoms. The number of carbonyl (C=O) groups is 4. The van der Waals surface area contributed by atoms with Gasteiger partial charge in [-0.2, -0.15) is 0 Å². The summed E-state index contributed by atoms with van der Waals surface area (Å²) in [5.41, 5.74) is 0. The van der Waals surface area contributed by atoms with Crippen molar-refractivity contribution < 1.29 is 80.2 Å². The molecule has 0 rings (SSSR count). The van der Waals surface area contributed by atoms with Crippen molar-refractivity contribution in [2.45, 2.75) is 394 Å². The van der Waals surface area contributed by atoms with E-state index < -0.39 is 97.5 Å². The first-order chi connectivity index (χ1) is 44.7. The van der Waals surface area contributed by atoms with Crippen LogP contribution < -0.4 is 0 Å². The number of aliphatic hydroxyl groups excluding tert-OH is 1. The van der Waals surface area contributed by atoms with Crippen LogP contribution in [-0.4, -0.2) is 96.7 Å². The maximum atomic E-state index is 13.1. The summed E-state index contributed by atoms with van der Waals surface area (Å²) >= 11 is 0. The van der Waals surface area contributed by atoms with Gasteiger partial charge >= 0.3 is 39.5 Å². The summed E-state index contributed by atoms with van der Waals surface area (Å²) in [6.45, 7) is 11.9. The first-order valence-electron chi connectivity index (χ1n) is 38.3. The molecule has 0 heterocycles. The molecule has 0 spiro atoms. The van der Waals surface area contributed by atoms with E-state index in [-0.39, 0.29) is 25.7 Å². The van der Waals surface area contributed by atoms with Crippen LogP contribution in [-0.2, 0) is 65.4 Å². The summed E-state index contributed by atoms with van der Waals surface area (Å²) in [7, 11) is -9.91. The Bertz CT molecular complexity index is 1820. The van der Waals surface area contributed by atoms with Crippen LogP contribution in [0.25, 0.3) is 0 Å². The molecule has 3 N–H and O–H groups in total. The van der Waals surface area contributed by atoms with Crippen LogP contribution >= 0.6 is 15.6 Å². The highest BCUT2D eigenvalue weighted by Crippen LogP contribution is 2.45. The van der Waals surface area contributed by atoms with E-state index in [4.69, 9.17) is 37.0 Å². The van der Waals surface area contributed by atoms with Crippen molar-refractivity contribution in [3.05, 3.63) is 0 Å². The summed E-state index contributed by atoms with van der Waals surface area (Å²) in [6, 6.07) is 0. The third-order valence-corrected chi connectivity index (χ3v) is 19.0. The smallest absolute Gasteiger partial charge is 0.462 e. The van der Waals surface area contributed by atoms with E-state index in [1.54, 1.807) is 0 Å². The second-order valence-corrected chi connectivity index (χ2v) is 31.0. The monoisotopic (exact) mass is 1370 g/mol. The average molecular weight is 1370 g/mol. The van der Waals surface area contributed by atoms with E-state index in [1.165, 1.54) is 186 Å². The van der Waals surface area contributed by atoms with Gasteiger partial charge in [0.25, 0.3) is 0 Å². The van der Waals surface area contributed by atoms with E-state index >= 15 is 0 Å². The Kier molecular flexibility index (Phi) is 63.4. The molecule has 552 valence electrons. The van der Waals surface area contributed by atoms with Crippen LogP contribution in [0.2, 0.25) is 0 Å². The molecule has 17 nitrogen and oxygen atoms in total. The van der Waals surface area contributed by atoms with Gasteiger partial charge in [-0.3, -0.25) is 37.3 Å². The summed E-state index contributed by atoms with van der Waals surface area (Å²) in [6.07, 6.45) is 50.0. The fourth-order valence-electron chi connectivity index (χ4n) is 11.2. The van der Waals surface area contributed by atoms with Gasteiger partial charge in [-0.25, -0.2) is 9.13 Å². The van der Waals surface area contributed by atoms with Gasteiger partial charge in [-0.1, -0.05) is 325 Å². The normalized spacial score (nSPS) is 14.1. The second kappa shape index (κ2) is 64.7. The van der Waals surface area contributed by atoms with E-state index in [1.807, 2.05) is 0 Å². The van der Waals surface area contributed by atoms with Crippen LogP contribution in [0.15, 0.2) is 0 Å². The molecule has 0 amide bonds. The van der Waals surface area contributed by atoms with Crippen molar-refractivity contribution in [1.29, 1.82) is 0 Å². The molecule has 0 saturated heterocycles. The average Bonchev–Trinajstić information content (AvgIpc) is 2.58. The number of rotatable bonds is 72. The van der Waals surface area contributed by atoms with Crippen LogP contribution in [0.1, 0.15) is 376 Å². The third kappa shape index (κ3) is 68.4. The summed E-state index contributed by atoms with van der Waals surface area (Å²) in [5.74, 6) is 0.158. The fraction of sp³-hybridized carbons (Fsp3) is 0.946. The van der Waals surface area contributed by atoms with Crippen LogP contribution in [0.4, 0.5) is 0 Å². The van der Waals surface area contributed by atoms with Gasteiger partial charge in [-0.15, -0.1) is 0 Å². The van der Waals surface area contributed by atoms with Gasteiger partial charge in [0.1, 0.15) is 19.3 Å². The first kappa shape index (κ1) is 91.1. The molecule has 2 unspecified atom stereocenters. The quantitative estimate of drug-likeness (QED) is 0.0222. The SMILES string of the molecule is CCCCCCCCCCCCC(=O)OC[C@H](COP(=O)(O)OC[C@H](O)COP(=O)(O)OC[C@@H](COC(=O)CCCCCCCCCCCCCCC(C)C)OC(=O)CCCCCCCCCCCCCCCCCC(C)C)OC(=O)CCCCCCCCCC(C)C. The van der Waals surface area contributed by atoms with Crippen LogP contribution in [0.3, 0.4) is 0 Å². The molecule has 0 fully saturated rings. The lowest BCUT2D eigenvalue weighted by Crippen LogP contribution is -2.30. The standard InChI is InChI=1S/C74H144O17P2/c1-8-9-10-11-12-13-27-34-41-48-55-71(76)84-62-70(91-74(79)58-51-44-37-30-33-40-47-54-67(6)7)64-89-93(82,83)87-60-68(75)59-86-92(80,81)88-63-69(61-85-72(77)56-49-42-35-28-23-20-19-22-26-32-39-46-53-66(4)5)90-73(78)57-50-43-36-29-24-18-16-14-15-17-21-25-31-38-45-52-65(2)3/h65-70,75H,8-64H2,1-7H3,(H,80,81)(H,82,83)/t68-,69-,70-/m1/s1. The number of hydrogen-bond acceptors (Lipinski definition) is 15. The molecule has 5 atom stereocenters. The minimum atomic E-state index is -4.96. The van der Waals surface area contributed by atoms with Crippen molar-refractivity contribution in [2.75, 3.05) is 39.6 Å². The molecule has 0 saturated carbocycles. The zero-order chi connectivity index (χ0) is 68.7. The summed E-state index contributed by atoms with van der Waals surface area (Å²) in [4.78, 5) is 72.7. The van der Waals surface area contributed by atoms with E-state index in [0.717, 1.165) is 102 Å². The molecule has 0 aromatic carbocycles. The Hall–Kier alpha value is -1.94. The highest BCUT2D eigenvalue weighted by molar-refractivity contribution is 7.47. The number of phosphoric ester groups is 2. The van der Waals surface area contributed by atoms with Crippen molar-refractivity contribution >= 4 is 39.5 Å². The van der Waals surface area contributed by atoms with Gasteiger partial charge in [0, 0.05) is 25.7 Å². The van der Waals surface area contributed by atoms with E-state index in [9.17, 15) is 43.2 Å². The minimum absolute atomic E-state index is 0.103. The maximum absolute atomic E-state index is 13.1. The van der Waals surface area contributed by atoms with Gasteiger partial charge in [-0.05, 0) is 43.4 Å². The lowest BCUT2D eigenvalue weighted by molar-refractivity contribution is -0.161. The van der Waals surface area contributed by atoms with Gasteiger partial charge in [0.2, 0.25) is 0 Å². The highest BCUT2D eigenvalue weighted by Gasteiger charge is 2.30. The Morgan fingerprint density at radius 2 is 0.495 bits per heavy atom. The zero-order valence-corrected chi connectivity index (χ0v) is 62.5. The Balaban J connectivity index is 5.23. The molecule has 19 heteroatoms. The first-order valence-corrected chi connectivity index (χ1v) is 41.3. The van der Waals surface area contributed by atoms with Gasteiger partial charge in [0.05, 0.1) is 26.4 Å². The van der Waals surface area contributed by atoms with E-state index in [0.29, 0.717) is 31.6 Å². The number of aliphatic hydroxyl groups is 1. The van der Waals surface area contributed by atoms with Crippen LogP contribution in [0, 0.1) is 17.8 Å². The minimum Gasteiger partial charge on any atom is -0.462 e. The largest absolute Gasteiger partial charge is 0.472 e. The topological polar surface area (TPSA) is 237 Å². The number of ether oxygens (including phenoxy) is 4. The fourth-order valence-corrected chi connectivity index (χ4v) is 12.8. The predicted octanol–water partition coefficient (Wildman–Crippen LogP) is 21.4. The molecule has 93 heavy (non-hydrogen) atoms. The molecule has 0 aliphatic heterocycles. The Morgan fingerprint density at radius 3 is 0.731 bits per heavy atom. The second-order valence-electron chi connectivity index (χ2n) is 28.1. The molecule has 0 radical (unpaired) electrons.